The van der Waals surface area contributed by atoms with Crippen molar-refractivity contribution in [1.82, 2.24) is 10.6 Å². The number of carbonyl (C=O) groups is 2. The third-order valence-electron chi connectivity index (χ3n) is 1.50. The fraction of sp³-hybridized carbons (Fsp3) is 0.375. The summed E-state index contributed by atoms with van der Waals surface area (Å²) in [5.74, 6) is 0.245. The van der Waals surface area contributed by atoms with E-state index in [1.165, 1.54) is 0 Å². The molecule has 0 bridgehead atoms. The van der Waals surface area contributed by atoms with E-state index in [9.17, 15) is 9.59 Å². The minimum Gasteiger partial charge on any atom is -0.329 e. The Labute approximate surface area is 75.9 Å². The molecule has 0 unspecified atom stereocenters. The number of hydrogen-bond acceptors (Lipinski definition) is 2. The van der Waals surface area contributed by atoms with Crippen molar-refractivity contribution < 1.29 is 9.59 Å². The Morgan fingerprint density at radius 2 is 2.54 bits per heavy atom. The molecule has 2 N–H and O–H groups in total. The molecule has 1 rings (SSSR count). The van der Waals surface area contributed by atoms with Crippen LogP contribution in [-0.4, -0.2) is 24.3 Å². The summed E-state index contributed by atoms with van der Waals surface area (Å²) in [6, 6.07) is -0.404. The number of hydrogen-bond donors (Lipinski definition) is 2. The van der Waals surface area contributed by atoms with E-state index in [-0.39, 0.29) is 5.91 Å². The monoisotopic (exact) mass is 181 g/mol. The molecule has 0 radical (unpaired) electrons. The highest BCUT2D eigenvalue weighted by Crippen LogP contribution is 1.91. The lowest BCUT2D eigenvalue weighted by Crippen LogP contribution is -2.33. The van der Waals surface area contributed by atoms with Crippen molar-refractivity contribution >= 4 is 17.8 Å². The highest BCUT2D eigenvalue weighted by atomic mass is 16.2. The van der Waals surface area contributed by atoms with Crippen LogP contribution in [0.4, 0.5) is 4.79 Å². The van der Waals surface area contributed by atoms with E-state index in [0.717, 1.165) is 0 Å². The number of aliphatic imine (C=N–C) groups is 1. The molecular formula is C8H11N3O2. The number of allylic oxidation sites excluding steroid dienone is 1. The summed E-state index contributed by atoms with van der Waals surface area (Å²) in [7, 11) is 0. The average Bonchev–Trinajstić information content (AvgIpc) is 2.48. The number of nitrogens with one attached hydrogen (secondary N) is 2. The lowest BCUT2D eigenvalue weighted by Gasteiger charge is -2.00. The number of nitrogens with zero attached hydrogens (tertiary/aromatic N) is 1. The van der Waals surface area contributed by atoms with Gasteiger partial charge < -0.3 is 10.6 Å². The first-order valence-corrected chi connectivity index (χ1v) is 3.98. The molecule has 0 fully saturated rings. The molecule has 5 nitrogen and oxygen atoms in total. The Morgan fingerprint density at radius 1 is 1.77 bits per heavy atom. The Balaban J connectivity index is 2.32. The number of urea groups is 1. The van der Waals surface area contributed by atoms with Crippen molar-refractivity contribution in [3.8, 4) is 0 Å². The van der Waals surface area contributed by atoms with E-state index in [1.807, 2.05) is 0 Å². The predicted molar refractivity (Wildman–Crippen MR) is 48.4 cm³/mol. The van der Waals surface area contributed by atoms with Crippen LogP contribution in [0, 0.1) is 0 Å². The first kappa shape index (κ1) is 9.44. The minimum absolute atomic E-state index is 0.143. The molecule has 3 amide bonds. The molecule has 5 heteroatoms. The van der Waals surface area contributed by atoms with Gasteiger partial charge in [-0.15, -0.1) is 6.58 Å². The molecule has 0 saturated heterocycles. The molecule has 13 heavy (non-hydrogen) atoms. The van der Waals surface area contributed by atoms with Crippen LogP contribution in [0.5, 0.6) is 0 Å². The smallest absolute Gasteiger partial charge is 0.329 e. The second-order valence-corrected chi connectivity index (χ2v) is 2.59. The van der Waals surface area contributed by atoms with Crippen LogP contribution in [0.2, 0.25) is 0 Å². The van der Waals surface area contributed by atoms with Gasteiger partial charge in [0.15, 0.2) is 0 Å². The van der Waals surface area contributed by atoms with E-state index in [2.05, 4.69) is 22.2 Å². The average molecular weight is 181 g/mol. The fourth-order valence-electron chi connectivity index (χ4n) is 0.890. The van der Waals surface area contributed by atoms with Crippen LogP contribution in [0.15, 0.2) is 17.6 Å². The fourth-order valence-corrected chi connectivity index (χ4v) is 0.890. The van der Waals surface area contributed by atoms with Crippen molar-refractivity contribution in [3.63, 3.8) is 0 Å². The molecule has 0 atom stereocenters. The van der Waals surface area contributed by atoms with Gasteiger partial charge in [0.2, 0.25) is 5.91 Å². The summed E-state index contributed by atoms with van der Waals surface area (Å²) in [6.45, 7) is 3.80. The summed E-state index contributed by atoms with van der Waals surface area (Å²) >= 11 is 0. The Kier molecular flexibility index (Phi) is 3.19. The van der Waals surface area contributed by atoms with Gasteiger partial charge in [0.25, 0.3) is 0 Å². The molecule has 0 aromatic rings. The summed E-state index contributed by atoms with van der Waals surface area (Å²) < 4.78 is 0. The summed E-state index contributed by atoms with van der Waals surface area (Å²) in [5, 5.41) is 4.98. The molecule has 0 saturated carbocycles. The number of amidine groups is 1. The molecule has 1 aliphatic rings. The zero-order valence-corrected chi connectivity index (χ0v) is 7.17. The Bertz CT molecular complexity index is 271. The van der Waals surface area contributed by atoms with Gasteiger partial charge in [-0.05, 0) is 6.42 Å². The van der Waals surface area contributed by atoms with E-state index in [0.29, 0.717) is 25.2 Å². The second-order valence-electron chi connectivity index (χ2n) is 2.59. The van der Waals surface area contributed by atoms with Crippen LogP contribution in [0.3, 0.4) is 0 Å². The van der Waals surface area contributed by atoms with Crippen LogP contribution < -0.4 is 10.6 Å². The zero-order chi connectivity index (χ0) is 9.68. The van der Waals surface area contributed by atoms with Gasteiger partial charge in [-0.1, -0.05) is 6.08 Å². The quantitative estimate of drug-likeness (QED) is 0.610. The summed E-state index contributed by atoms with van der Waals surface area (Å²) in [4.78, 5) is 25.2. The topological polar surface area (TPSA) is 70.6 Å². The van der Waals surface area contributed by atoms with Crippen molar-refractivity contribution in [2.45, 2.75) is 12.8 Å². The second kappa shape index (κ2) is 4.39. The molecule has 0 spiro atoms. The molecule has 0 aliphatic carbocycles. The number of amides is 3. The SMILES string of the molecule is C=CCCC(=O)NC1=NC(=O)NC1. The van der Waals surface area contributed by atoms with Gasteiger partial charge in [0, 0.05) is 6.42 Å². The maximum Gasteiger partial charge on any atom is 0.343 e. The van der Waals surface area contributed by atoms with Crippen LogP contribution >= 0.6 is 0 Å². The van der Waals surface area contributed by atoms with E-state index in [4.69, 9.17) is 0 Å². The third kappa shape index (κ3) is 3.06. The van der Waals surface area contributed by atoms with Crippen LogP contribution in [0.1, 0.15) is 12.8 Å². The molecule has 1 heterocycles. The largest absolute Gasteiger partial charge is 0.343 e. The third-order valence-corrected chi connectivity index (χ3v) is 1.50. The maximum absolute atomic E-state index is 11.1. The van der Waals surface area contributed by atoms with Crippen LogP contribution in [-0.2, 0) is 4.79 Å². The minimum atomic E-state index is -0.404. The predicted octanol–water partition coefficient (Wildman–Crippen LogP) is 0.191. The molecule has 0 aromatic carbocycles. The van der Waals surface area contributed by atoms with Crippen molar-refractivity contribution in [2.24, 2.45) is 4.99 Å². The van der Waals surface area contributed by atoms with Gasteiger partial charge in [-0.2, -0.15) is 4.99 Å². The molecule has 70 valence electrons. The Hall–Kier alpha value is -1.65. The highest BCUT2D eigenvalue weighted by molar-refractivity contribution is 6.07. The van der Waals surface area contributed by atoms with Gasteiger partial charge >= 0.3 is 6.03 Å². The number of carbonyl (C=O) groups excluding carboxylic acids is 2. The van der Waals surface area contributed by atoms with Crippen molar-refractivity contribution in [3.05, 3.63) is 12.7 Å². The maximum atomic E-state index is 11.1. The Morgan fingerprint density at radius 3 is 3.08 bits per heavy atom. The van der Waals surface area contributed by atoms with E-state index in [1.54, 1.807) is 6.08 Å². The van der Waals surface area contributed by atoms with Gasteiger partial charge in [0.05, 0.1) is 6.54 Å². The van der Waals surface area contributed by atoms with Gasteiger partial charge in [0.1, 0.15) is 5.84 Å². The summed E-state index contributed by atoms with van der Waals surface area (Å²) in [6.07, 6.45) is 2.66. The zero-order valence-electron chi connectivity index (χ0n) is 7.17. The number of rotatable bonds is 3. The van der Waals surface area contributed by atoms with Gasteiger partial charge in [-0.3, -0.25) is 4.79 Å². The normalized spacial score (nSPS) is 14.8. The van der Waals surface area contributed by atoms with E-state index < -0.39 is 6.03 Å². The van der Waals surface area contributed by atoms with Crippen molar-refractivity contribution in [2.75, 3.05) is 6.54 Å². The standard InChI is InChI=1S/C8H11N3O2/c1-2-3-4-7(12)10-6-5-9-8(13)11-6/h2H,1,3-5H2,(H2,9,10,11,12,13). The first-order chi connectivity index (χ1) is 6.22. The molecule has 1 aliphatic heterocycles. The van der Waals surface area contributed by atoms with Gasteiger partial charge in [-0.25, -0.2) is 4.79 Å². The first-order valence-electron chi connectivity index (χ1n) is 3.98. The molecule has 0 aromatic heterocycles. The van der Waals surface area contributed by atoms with Crippen LogP contribution in [0.25, 0.3) is 0 Å². The summed E-state index contributed by atoms with van der Waals surface area (Å²) in [5.41, 5.74) is 0. The van der Waals surface area contributed by atoms with Crippen molar-refractivity contribution in [1.29, 1.82) is 0 Å². The lowest BCUT2D eigenvalue weighted by atomic mass is 10.3. The lowest BCUT2D eigenvalue weighted by molar-refractivity contribution is -0.119. The molecular weight excluding hydrogens is 170 g/mol. The van der Waals surface area contributed by atoms with E-state index >= 15 is 0 Å². The highest BCUT2D eigenvalue weighted by Gasteiger charge is 2.13.